The molecule has 280 valence electrons. The van der Waals surface area contributed by atoms with Gasteiger partial charge in [0.1, 0.15) is 29.0 Å². The third kappa shape index (κ3) is 7.75. The Morgan fingerprint density at radius 2 is 1.44 bits per heavy atom. The molecule has 5 aromatic rings. The molecule has 5 atom stereocenters. The van der Waals surface area contributed by atoms with Crippen LogP contribution in [-0.4, -0.2) is 66.1 Å². The quantitative estimate of drug-likeness (QED) is 0.0792. The number of nitrogens with two attached hydrogens (primary N) is 1. The average Bonchev–Trinajstić information content (AvgIpc) is 3.45. The van der Waals surface area contributed by atoms with Gasteiger partial charge in [0, 0.05) is 17.4 Å². The standard InChI is InChI=1S/C39H38N3O11P/c1-4-49-34-35(42-24-23-33(40)41-37(42)44)51-32(39(34,45)53-54(46)52-36(43)26-11-7-5-8-12-26)25-50-38(27-13-9-6-10-14-27,28-15-19-30(47-2)20-16-28)29-17-21-31(48-3)22-18-29/h5-24,32,34-35,45H,4,25H2,1-3H3,(H-,40,41,44)/p+1/t32-,34+,35-,39-/m1/s1. The third-order valence-corrected chi connectivity index (χ3v) is 9.67. The van der Waals surface area contributed by atoms with Crippen molar-refractivity contribution in [2.24, 2.45) is 0 Å². The topological polar surface area (TPSA) is 180 Å². The fourth-order valence-corrected chi connectivity index (χ4v) is 7.05. The van der Waals surface area contributed by atoms with E-state index >= 15 is 0 Å². The van der Waals surface area contributed by atoms with Crippen LogP contribution in [0.2, 0.25) is 0 Å². The molecule has 2 heterocycles. The number of ether oxygens (including phenoxy) is 5. The second kappa shape index (κ2) is 16.7. The Kier molecular flexibility index (Phi) is 11.8. The summed E-state index contributed by atoms with van der Waals surface area (Å²) in [6, 6.07) is 33.1. The average molecular weight is 757 g/mol. The van der Waals surface area contributed by atoms with Crippen molar-refractivity contribution in [3.05, 3.63) is 154 Å². The summed E-state index contributed by atoms with van der Waals surface area (Å²) < 4.78 is 55.6. The lowest BCUT2D eigenvalue weighted by Crippen LogP contribution is -2.52. The maximum absolute atomic E-state index is 13.5. The number of rotatable bonds is 15. The van der Waals surface area contributed by atoms with E-state index in [4.69, 9.17) is 38.5 Å². The van der Waals surface area contributed by atoms with E-state index in [1.807, 2.05) is 54.6 Å². The van der Waals surface area contributed by atoms with Crippen LogP contribution in [-0.2, 0) is 33.4 Å². The Hall–Kier alpha value is -5.47. The van der Waals surface area contributed by atoms with E-state index in [0.717, 1.165) is 4.57 Å². The van der Waals surface area contributed by atoms with Gasteiger partial charge in [-0.15, -0.1) is 0 Å². The van der Waals surface area contributed by atoms with Crippen molar-refractivity contribution in [3.63, 3.8) is 0 Å². The van der Waals surface area contributed by atoms with Crippen LogP contribution in [0.1, 0.15) is 40.2 Å². The maximum atomic E-state index is 13.5. The number of carbonyl (C=O) groups is 1. The first kappa shape index (κ1) is 38.3. The van der Waals surface area contributed by atoms with Gasteiger partial charge in [-0.2, -0.15) is 9.51 Å². The van der Waals surface area contributed by atoms with Gasteiger partial charge in [-0.1, -0.05) is 77.3 Å². The molecule has 1 aliphatic rings. The zero-order chi connectivity index (χ0) is 38.3. The number of nitrogen functional groups attached to an aromatic ring is 1. The Morgan fingerprint density at radius 3 is 1.98 bits per heavy atom. The molecule has 3 N–H and O–H groups in total. The van der Waals surface area contributed by atoms with E-state index in [0.29, 0.717) is 28.2 Å². The Labute approximate surface area is 311 Å². The van der Waals surface area contributed by atoms with Gasteiger partial charge in [-0.3, -0.25) is 4.57 Å². The largest absolute Gasteiger partial charge is 0.756 e. The molecule has 54 heavy (non-hydrogen) atoms. The molecule has 0 radical (unpaired) electrons. The van der Waals surface area contributed by atoms with E-state index in [2.05, 4.69) is 4.98 Å². The van der Waals surface area contributed by atoms with E-state index in [-0.39, 0.29) is 18.0 Å². The third-order valence-electron chi connectivity index (χ3n) is 8.92. The lowest BCUT2D eigenvalue weighted by Gasteiger charge is -2.37. The fraction of sp³-hybridized carbons (Fsp3) is 0.256. The highest BCUT2D eigenvalue weighted by Crippen LogP contribution is 2.48. The predicted molar refractivity (Wildman–Crippen MR) is 196 cm³/mol. The van der Waals surface area contributed by atoms with Crippen molar-refractivity contribution in [1.29, 1.82) is 0 Å². The first-order valence-electron chi connectivity index (χ1n) is 16.9. The molecule has 1 saturated heterocycles. The van der Waals surface area contributed by atoms with E-state index in [1.165, 1.54) is 24.4 Å². The van der Waals surface area contributed by atoms with Crippen LogP contribution in [0.5, 0.6) is 11.5 Å². The molecule has 6 rings (SSSR count). The number of methoxy groups -OCH3 is 2. The van der Waals surface area contributed by atoms with Gasteiger partial charge < -0.3 is 34.5 Å². The van der Waals surface area contributed by atoms with Gasteiger partial charge in [0.2, 0.25) is 0 Å². The van der Waals surface area contributed by atoms with Crippen LogP contribution < -0.4 is 20.9 Å². The van der Waals surface area contributed by atoms with Crippen molar-refractivity contribution in [3.8, 4) is 11.5 Å². The normalized spacial score (nSPS) is 19.9. The van der Waals surface area contributed by atoms with Crippen LogP contribution in [0, 0.1) is 0 Å². The fourth-order valence-electron chi connectivity index (χ4n) is 6.31. The first-order valence-corrected chi connectivity index (χ1v) is 18.0. The molecule has 15 heteroatoms. The van der Waals surface area contributed by atoms with Crippen LogP contribution in [0.4, 0.5) is 5.82 Å². The maximum Gasteiger partial charge on any atom is 0.756 e. The second-order valence-electron chi connectivity index (χ2n) is 12.1. The highest BCUT2D eigenvalue weighted by molar-refractivity contribution is 7.34. The number of aliphatic hydroxyl groups is 1. The number of hydrogen-bond acceptors (Lipinski definition) is 13. The van der Waals surface area contributed by atoms with Crippen LogP contribution in [0.15, 0.2) is 126 Å². The molecule has 4 aromatic carbocycles. The van der Waals surface area contributed by atoms with Crippen LogP contribution in [0.25, 0.3) is 0 Å². The molecule has 0 bridgehead atoms. The summed E-state index contributed by atoms with van der Waals surface area (Å²) in [4.78, 5) is 29.8. The summed E-state index contributed by atoms with van der Waals surface area (Å²) in [6.45, 7) is 1.18. The summed E-state index contributed by atoms with van der Waals surface area (Å²) >= 11 is 0. The van der Waals surface area contributed by atoms with Crippen molar-refractivity contribution >= 4 is 20.0 Å². The SMILES string of the molecule is CCO[C@H]1[C@H](n2ccc(N)nc2=O)O[C@H](COC(c2ccccc2)(c2ccc(OC)cc2)c2ccc(OC)cc2)[C@@]1(O)O[P+](=O)OC(=O)c1ccccc1. The van der Waals surface area contributed by atoms with Crippen molar-refractivity contribution < 1.29 is 47.2 Å². The number of benzene rings is 4. The number of hydrogen-bond donors (Lipinski definition) is 2. The smallest absolute Gasteiger partial charge is 0.497 e. The Bertz CT molecular complexity index is 2050. The molecule has 1 fully saturated rings. The molecule has 1 aliphatic heterocycles. The molecule has 1 aromatic heterocycles. The molecule has 0 spiro atoms. The lowest BCUT2D eigenvalue weighted by molar-refractivity contribution is -0.233. The van der Waals surface area contributed by atoms with E-state index in [9.17, 15) is 19.3 Å². The molecule has 0 amide bonds. The number of nitrogens with zero attached hydrogens (tertiary/aromatic N) is 2. The lowest BCUT2D eigenvalue weighted by atomic mass is 9.80. The monoisotopic (exact) mass is 756 g/mol. The Balaban J connectivity index is 1.45. The summed E-state index contributed by atoms with van der Waals surface area (Å²) in [5, 5.41) is 12.5. The van der Waals surface area contributed by atoms with E-state index in [1.54, 1.807) is 63.6 Å². The second-order valence-corrected chi connectivity index (χ2v) is 12.9. The van der Waals surface area contributed by atoms with Crippen molar-refractivity contribution in [2.45, 2.75) is 36.7 Å². The Morgan fingerprint density at radius 1 is 0.889 bits per heavy atom. The van der Waals surface area contributed by atoms with Crippen molar-refractivity contribution in [2.75, 3.05) is 33.2 Å². The highest BCUT2D eigenvalue weighted by atomic mass is 31.1. The van der Waals surface area contributed by atoms with E-state index < -0.39 is 56.3 Å². The minimum absolute atomic E-state index is 0.00678. The van der Waals surface area contributed by atoms with Gasteiger partial charge >= 0.3 is 19.9 Å². The number of aromatic nitrogens is 2. The minimum atomic E-state index is -3.37. The van der Waals surface area contributed by atoms with Gasteiger partial charge in [-0.25, -0.2) is 9.59 Å². The molecule has 1 unspecified atom stereocenters. The first-order chi connectivity index (χ1) is 26.1. The van der Waals surface area contributed by atoms with Gasteiger partial charge in [0.05, 0.1) is 26.4 Å². The van der Waals surface area contributed by atoms with Crippen LogP contribution in [0.3, 0.4) is 0 Å². The number of anilines is 1. The highest BCUT2D eigenvalue weighted by Gasteiger charge is 2.65. The summed E-state index contributed by atoms with van der Waals surface area (Å²) in [6.07, 6.45) is -3.13. The molecule has 14 nitrogen and oxygen atoms in total. The van der Waals surface area contributed by atoms with Crippen LogP contribution >= 0.6 is 8.25 Å². The molecular weight excluding hydrogens is 717 g/mol. The summed E-state index contributed by atoms with van der Waals surface area (Å²) in [5.74, 6) is -2.44. The van der Waals surface area contributed by atoms with Gasteiger partial charge in [0.15, 0.2) is 12.3 Å². The zero-order valence-corrected chi connectivity index (χ0v) is 30.5. The minimum Gasteiger partial charge on any atom is -0.497 e. The molecule has 0 aliphatic carbocycles. The molecular formula is C39H39N3O11P+. The van der Waals surface area contributed by atoms with Gasteiger partial charge in [0.25, 0.3) is 5.79 Å². The zero-order valence-electron chi connectivity index (χ0n) is 29.6. The predicted octanol–water partition coefficient (Wildman–Crippen LogP) is 5.37. The molecule has 0 saturated carbocycles. The van der Waals surface area contributed by atoms with Gasteiger partial charge in [-0.05, 0) is 66.1 Å². The van der Waals surface area contributed by atoms with Crippen molar-refractivity contribution in [1.82, 2.24) is 9.55 Å². The summed E-state index contributed by atoms with van der Waals surface area (Å²) in [5.41, 5.74) is 5.70. The summed E-state index contributed by atoms with van der Waals surface area (Å²) in [7, 11) is -0.241. The number of carbonyl (C=O) groups excluding carboxylic acids is 1.